The summed E-state index contributed by atoms with van der Waals surface area (Å²) in [4.78, 5) is 21.4. The van der Waals surface area contributed by atoms with Crippen molar-refractivity contribution in [2.45, 2.75) is 0 Å². The standard InChI is InChI=1S/C19H14ClFN4O/c1-24-18(12-4-6-15-16(10-12)23-8-7-22-15)17(19(26)25(24)2)11-3-5-14(21)13(20)9-11/h3-10H,1-2H3. The van der Waals surface area contributed by atoms with Crippen molar-refractivity contribution < 1.29 is 4.39 Å². The largest absolute Gasteiger partial charge is 0.285 e. The fourth-order valence-corrected chi connectivity index (χ4v) is 3.25. The summed E-state index contributed by atoms with van der Waals surface area (Å²) in [5.74, 6) is -0.522. The number of fused-ring (bicyclic) bond motifs is 1. The number of hydrogen-bond acceptors (Lipinski definition) is 3. The molecule has 0 fully saturated rings. The molecule has 0 radical (unpaired) electrons. The summed E-state index contributed by atoms with van der Waals surface area (Å²) in [5, 5.41) is -0.0243. The minimum Gasteiger partial charge on any atom is -0.285 e. The monoisotopic (exact) mass is 368 g/mol. The molecule has 0 aliphatic heterocycles. The second-order valence-corrected chi connectivity index (χ2v) is 6.37. The van der Waals surface area contributed by atoms with Crippen LogP contribution in [0, 0.1) is 5.82 Å². The molecule has 130 valence electrons. The summed E-state index contributed by atoms with van der Waals surface area (Å²) in [6.45, 7) is 0. The first-order valence-electron chi connectivity index (χ1n) is 7.90. The zero-order valence-corrected chi connectivity index (χ0v) is 14.8. The molecule has 0 saturated carbocycles. The van der Waals surface area contributed by atoms with Crippen LogP contribution in [0.15, 0.2) is 53.6 Å². The fraction of sp³-hybridized carbons (Fsp3) is 0.105. The summed E-state index contributed by atoms with van der Waals surface area (Å²) in [5.41, 5.74) is 3.84. The van der Waals surface area contributed by atoms with Gasteiger partial charge in [0.05, 0.1) is 27.3 Å². The van der Waals surface area contributed by atoms with Crippen LogP contribution in [0.1, 0.15) is 0 Å². The van der Waals surface area contributed by atoms with E-state index in [-0.39, 0.29) is 10.6 Å². The summed E-state index contributed by atoms with van der Waals surface area (Å²) in [6, 6.07) is 9.92. The molecule has 7 heteroatoms. The van der Waals surface area contributed by atoms with Crippen LogP contribution in [0.4, 0.5) is 4.39 Å². The Morgan fingerprint density at radius 3 is 2.35 bits per heavy atom. The second-order valence-electron chi connectivity index (χ2n) is 5.96. The lowest BCUT2D eigenvalue weighted by molar-refractivity contribution is 0.584. The molecule has 0 N–H and O–H groups in total. The van der Waals surface area contributed by atoms with E-state index >= 15 is 0 Å². The number of halogens is 2. The summed E-state index contributed by atoms with van der Waals surface area (Å²) in [7, 11) is 3.48. The first-order chi connectivity index (χ1) is 12.5. The van der Waals surface area contributed by atoms with Gasteiger partial charge in [0.2, 0.25) is 0 Å². The van der Waals surface area contributed by atoms with E-state index in [9.17, 15) is 9.18 Å². The molecule has 4 rings (SSSR count). The molecule has 26 heavy (non-hydrogen) atoms. The van der Waals surface area contributed by atoms with E-state index in [4.69, 9.17) is 11.6 Å². The van der Waals surface area contributed by atoms with Crippen LogP contribution in [-0.4, -0.2) is 19.3 Å². The Labute approximate surface area is 153 Å². The number of aromatic nitrogens is 4. The predicted molar refractivity (Wildman–Crippen MR) is 99.6 cm³/mol. The van der Waals surface area contributed by atoms with Crippen LogP contribution in [-0.2, 0) is 14.1 Å². The maximum atomic E-state index is 13.6. The SMILES string of the molecule is Cn1c(-c2ccc3nccnc3c2)c(-c2ccc(F)c(Cl)c2)c(=O)n1C. The topological polar surface area (TPSA) is 52.7 Å². The van der Waals surface area contributed by atoms with Gasteiger partial charge in [0.1, 0.15) is 5.82 Å². The van der Waals surface area contributed by atoms with Gasteiger partial charge in [-0.25, -0.2) is 4.39 Å². The molecule has 4 aromatic rings. The zero-order chi connectivity index (χ0) is 18.4. The Kier molecular flexibility index (Phi) is 3.85. The predicted octanol–water partition coefficient (Wildman–Crippen LogP) is 3.79. The number of rotatable bonds is 2. The van der Waals surface area contributed by atoms with Crippen molar-refractivity contribution in [3.05, 3.63) is 70.0 Å². The van der Waals surface area contributed by atoms with Crippen LogP contribution >= 0.6 is 11.6 Å². The van der Waals surface area contributed by atoms with Crippen molar-refractivity contribution in [2.75, 3.05) is 0 Å². The van der Waals surface area contributed by atoms with Gasteiger partial charge in [0.25, 0.3) is 5.56 Å². The lowest BCUT2D eigenvalue weighted by Gasteiger charge is -2.09. The molecule has 0 saturated heterocycles. The molecule has 2 aromatic heterocycles. The molecule has 0 amide bonds. The van der Waals surface area contributed by atoms with E-state index in [0.29, 0.717) is 16.8 Å². The molecule has 0 aliphatic rings. The highest BCUT2D eigenvalue weighted by molar-refractivity contribution is 6.31. The maximum absolute atomic E-state index is 13.6. The second kappa shape index (κ2) is 6.07. The van der Waals surface area contributed by atoms with E-state index in [0.717, 1.165) is 16.6 Å². The molecule has 0 unspecified atom stereocenters. The molecule has 0 aliphatic carbocycles. The van der Waals surface area contributed by atoms with Gasteiger partial charge in [0.15, 0.2) is 0 Å². The molecular weight excluding hydrogens is 355 g/mol. The molecule has 0 spiro atoms. The van der Waals surface area contributed by atoms with Gasteiger partial charge in [-0.15, -0.1) is 0 Å². The normalized spacial score (nSPS) is 11.2. The van der Waals surface area contributed by atoms with Gasteiger partial charge >= 0.3 is 0 Å². The highest BCUT2D eigenvalue weighted by atomic mass is 35.5. The number of benzene rings is 2. The fourth-order valence-electron chi connectivity index (χ4n) is 3.06. The van der Waals surface area contributed by atoms with Gasteiger partial charge < -0.3 is 0 Å². The Hall–Kier alpha value is -2.99. The first kappa shape index (κ1) is 16.5. The minimum atomic E-state index is -0.522. The first-order valence-corrected chi connectivity index (χ1v) is 8.27. The highest BCUT2D eigenvalue weighted by Gasteiger charge is 2.20. The van der Waals surface area contributed by atoms with Crippen molar-refractivity contribution in [3.63, 3.8) is 0 Å². The Balaban J connectivity index is 2.02. The van der Waals surface area contributed by atoms with Gasteiger partial charge in [0, 0.05) is 32.1 Å². The van der Waals surface area contributed by atoms with Crippen LogP contribution in [0.2, 0.25) is 5.02 Å². The zero-order valence-electron chi connectivity index (χ0n) is 14.1. The van der Waals surface area contributed by atoms with Crippen LogP contribution in [0.25, 0.3) is 33.4 Å². The van der Waals surface area contributed by atoms with Crippen LogP contribution in [0.5, 0.6) is 0 Å². The maximum Gasteiger partial charge on any atom is 0.274 e. The third kappa shape index (κ3) is 2.50. The molecule has 2 heterocycles. The Morgan fingerprint density at radius 2 is 1.62 bits per heavy atom. The average molecular weight is 369 g/mol. The van der Waals surface area contributed by atoms with E-state index in [2.05, 4.69) is 9.97 Å². The summed E-state index contributed by atoms with van der Waals surface area (Å²) < 4.78 is 16.8. The van der Waals surface area contributed by atoms with E-state index in [1.54, 1.807) is 37.2 Å². The lowest BCUT2D eigenvalue weighted by Crippen LogP contribution is -2.17. The molecule has 0 bridgehead atoms. The van der Waals surface area contributed by atoms with E-state index < -0.39 is 5.82 Å². The van der Waals surface area contributed by atoms with Gasteiger partial charge in [-0.3, -0.25) is 24.1 Å². The molecule has 0 atom stereocenters. The quantitative estimate of drug-likeness (QED) is 0.541. The lowest BCUT2D eigenvalue weighted by atomic mass is 10.0. The van der Waals surface area contributed by atoms with Crippen molar-refractivity contribution in [2.24, 2.45) is 14.1 Å². The Bertz CT molecular complexity index is 1210. The summed E-state index contributed by atoms with van der Waals surface area (Å²) >= 11 is 5.93. The van der Waals surface area contributed by atoms with Gasteiger partial charge in [-0.2, -0.15) is 0 Å². The Morgan fingerprint density at radius 1 is 0.923 bits per heavy atom. The van der Waals surface area contributed by atoms with E-state index in [1.807, 2.05) is 18.2 Å². The van der Waals surface area contributed by atoms with Gasteiger partial charge in [-0.1, -0.05) is 23.7 Å². The van der Waals surface area contributed by atoms with Crippen molar-refractivity contribution in [3.8, 4) is 22.4 Å². The third-order valence-electron chi connectivity index (χ3n) is 4.47. The smallest absolute Gasteiger partial charge is 0.274 e. The molecule has 2 aromatic carbocycles. The van der Waals surface area contributed by atoms with Crippen LogP contribution < -0.4 is 5.56 Å². The van der Waals surface area contributed by atoms with Crippen molar-refractivity contribution >= 4 is 22.6 Å². The van der Waals surface area contributed by atoms with Gasteiger partial charge in [-0.05, 0) is 29.8 Å². The van der Waals surface area contributed by atoms with Crippen LogP contribution in [0.3, 0.4) is 0 Å². The summed E-state index contributed by atoms with van der Waals surface area (Å²) in [6.07, 6.45) is 3.25. The number of hydrogen-bond donors (Lipinski definition) is 0. The molecular formula is C19H14ClFN4O. The minimum absolute atomic E-state index is 0.0243. The van der Waals surface area contributed by atoms with Crippen molar-refractivity contribution in [1.29, 1.82) is 0 Å². The molecule has 5 nitrogen and oxygen atoms in total. The highest BCUT2D eigenvalue weighted by Crippen LogP contribution is 2.32. The van der Waals surface area contributed by atoms with Crippen molar-refractivity contribution in [1.82, 2.24) is 19.3 Å². The average Bonchev–Trinajstić information content (AvgIpc) is 2.88. The third-order valence-corrected chi connectivity index (χ3v) is 4.76. The van der Waals surface area contributed by atoms with E-state index in [1.165, 1.54) is 16.8 Å². The number of nitrogens with zero attached hydrogens (tertiary/aromatic N) is 4.